The second kappa shape index (κ2) is 10.5. The number of morpholine rings is 1. The van der Waals surface area contributed by atoms with Crippen molar-refractivity contribution in [3.63, 3.8) is 0 Å². The normalized spacial score (nSPS) is 20.8. The van der Waals surface area contributed by atoms with E-state index in [1.165, 1.54) is 4.90 Å². The number of urea groups is 1. The lowest BCUT2D eigenvalue weighted by molar-refractivity contribution is -0.135. The van der Waals surface area contributed by atoms with Crippen LogP contribution in [0, 0.1) is 5.92 Å². The predicted molar refractivity (Wildman–Crippen MR) is 112 cm³/mol. The minimum Gasteiger partial charge on any atom is -0.377 e. The highest BCUT2D eigenvalue weighted by Crippen LogP contribution is 2.38. The zero-order chi connectivity index (χ0) is 24.2. The molecule has 10 nitrogen and oxygen atoms in total. The van der Waals surface area contributed by atoms with Gasteiger partial charge in [0.25, 0.3) is 5.89 Å². The molecule has 12 heteroatoms. The molecule has 3 atom stereocenters. The monoisotopic (exact) mass is 471 g/mol. The Labute approximate surface area is 190 Å². The van der Waals surface area contributed by atoms with Crippen molar-refractivity contribution < 1.29 is 32.4 Å². The van der Waals surface area contributed by atoms with Gasteiger partial charge >= 0.3 is 6.03 Å². The number of hydrogen-bond acceptors (Lipinski definition) is 7. The van der Waals surface area contributed by atoms with Gasteiger partial charge in [-0.05, 0) is 19.3 Å². The zero-order valence-corrected chi connectivity index (χ0v) is 18.9. The van der Waals surface area contributed by atoms with E-state index in [-0.39, 0.29) is 44.4 Å². The topological polar surface area (TPSA) is 141 Å². The number of halogens is 2. The van der Waals surface area contributed by atoms with Gasteiger partial charge in [0, 0.05) is 25.3 Å². The summed E-state index contributed by atoms with van der Waals surface area (Å²) in [5, 5.41) is 6.37. The van der Waals surface area contributed by atoms with Crippen molar-refractivity contribution in [2.24, 2.45) is 11.7 Å². The number of primary amides is 1. The molecular formula is C21H31F2N5O5. The van der Waals surface area contributed by atoms with E-state index in [1.807, 2.05) is 0 Å². The molecule has 3 rings (SSSR count). The van der Waals surface area contributed by atoms with Gasteiger partial charge in [-0.1, -0.05) is 25.4 Å². The van der Waals surface area contributed by atoms with Crippen molar-refractivity contribution in [1.29, 1.82) is 0 Å². The van der Waals surface area contributed by atoms with E-state index in [9.17, 15) is 23.2 Å². The Morgan fingerprint density at radius 2 is 2.03 bits per heavy atom. The van der Waals surface area contributed by atoms with Gasteiger partial charge in [0.2, 0.25) is 17.6 Å². The molecule has 2 fully saturated rings. The molecule has 0 bridgehead atoms. The van der Waals surface area contributed by atoms with E-state index in [2.05, 4.69) is 15.5 Å². The SMILES string of the molecule is CCCC(F)(F)C[C@@H](C(=O)N[C@H](CC)C(=O)c1nc(C2CC2)no1)C1COCCN1C(N)=O. The molecule has 1 saturated heterocycles. The molecule has 1 aliphatic heterocycles. The van der Waals surface area contributed by atoms with E-state index in [0.717, 1.165) is 12.8 Å². The highest BCUT2D eigenvalue weighted by atomic mass is 19.3. The molecule has 1 aliphatic carbocycles. The number of alkyl halides is 2. The number of aromatic nitrogens is 2. The van der Waals surface area contributed by atoms with Gasteiger partial charge in [-0.25, -0.2) is 13.6 Å². The second-order valence-corrected chi connectivity index (χ2v) is 8.66. The minimum atomic E-state index is -3.14. The van der Waals surface area contributed by atoms with E-state index < -0.39 is 54.5 Å². The summed E-state index contributed by atoms with van der Waals surface area (Å²) in [7, 11) is 0. The lowest BCUT2D eigenvalue weighted by atomic mass is 9.88. The summed E-state index contributed by atoms with van der Waals surface area (Å²) in [6, 6.07) is -2.84. The average Bonchev–Trinajstić information content (AvgIpc) is 3.51. The number of nitrogens with zero attached hydrogens (tertiary/aromatic N) is 3. The van der Waals surface area contributed by atoms with Crippen molar-refractivity contribution in [1.82, 2.24) is 20.4 Å². The summed E-state index contributed by atoms with van der Waals surface area (Å²) in [5.74, 6) is -5.43. The highest BCUT2D eigenvalue weighted by Gasteiger charge is 2.44. The van der Waals surface area contributed by atoms with Gasteiger partial charge in [0.1, 0.15) is 0 Å². The first kappa shape index (κ1) is 25.0. The van der Waals surface area contributed by atoms with Crippen molar-refractivity contribution in [3.05, 3.63) is 11.7 Å². The molecule has 0 spiro atoms. The summed E-state index contributed by atoms with van der Waals surface area (Å²) in [4.78, 5) is 43.3. The maximum atomic E-state index is 14.6. The molecule has 33 heavy (non-hydrogen) atoms. The van der Waals surface area contributed by atoms with Gasteiger partial charge < -0.3 is 25.2 Å². The largest absolute Gasteiger partial charge is 0.377 e. The number of rotatable bonds is 11. The van der Waals surface area contributed by atoms with E-state index in [1.54, 1.807) is 13.8 Å². The van der Waals surface area contributed by atoms with Gasteiger partial charge in [0.05, 0.1) is 31.2 Å². The van der Waals surface area contributed by atoms with Crippen LogP contribution in [0.4, 0.5) is 13.6 Å². The number of nitrogens with two attached hydrogens (primary N) is 1. The molecule has 3 amide bonds. The molecule has 3 N–H and O–H groups in total. The van der Waals surface area contributed by atoms with Crippen LogP contribution in [0.25, 0.3) is 0 Å². The van der Waals surface area contributed by atoms with E-state index in [4.69, 9.17) is 15.0 Å². The second-order valence-electron chi connectivity index (χ2n) is 8.66. The predicted octanol–water partition coefficient (Wildman–Crippen LogP) is 2.25. The number of ketones is 1. The smallest absolute Gasteiger partial charge is 0.315 e. The number of carbonyl (C=O) groups excluding carboxylic acids is 3. The lowest BCUT2D eigenvalue weighted by Gasteiger charge is -2.39. The Balaban J connectivity index is 1.79. The molecule has 0 radical (unpaired) electrons. The van der Waals surface area contributed by atoms with Crippen LogP contribution in [-0.4, -0.2) is 70.5 Å². The third kappa shape index (κ3) is 6.24. The lowest BCUT2D eigenvalue weighted by Crippen LogP contribution is -2.58. The molecule has 1 aromatic rings. The number of carbonyl (C=O) groups is 3. The third-order valence-corrected chi connectivity index (χ3v) is 6.02. The van der Waals surface area contributed by atoms with Crippen molar-refractivity contribution in [2.75, 3.05) is 19.8 Å². The summed E-state index contributed by atoms with van der Waals surface area (Å²) in [6.45, 7) is 3.46. The number of amides is 3. The molecule has 1 saturated carbocycles. The molecule has 2 heterocycles. The average molecular weight is 472 g/mol. The molecule has 184 valence electrons. The highest BCUT2D eigenvalue weighted by molar-refractivity contribution is 5.98. The molecule has 0 aromatic carbocycles. The van der Waals surface area contributed by atoms with Gasteiger partial charge in [-0.15, -0.1) is 0 Å². The standard InChI is InChI=1S/C21H31F2N5O5/c1-3-7-21(22,23)10-13(15-11-32-9-8-28(15)20(24)31)18(30)25-14(4-2)16(29)19-26-17(27-33-19)12-5-6-12/h12-15H,3-11H2,1-2H3,(H2,24,31)(H,25,30)/t13-,14-,15?/m1/s1. The van der Waals surface area contributed by atoms with Gasteiger partial charge in [0.15, 0.2) is 5.82 Å². The number of nitrogens with one attached hydrogen (secondary N) is 1. The van der Waals surface area contributed by atoms with Crippen LogP contribution in [0.1, 0.15) is 74.8 Å². The Hall–Kier alpha value is -2.63. The Kier molecular flexibility index (Phi) is 7.98. The number of ether oxygens (including phenoxy) is 1. The number of hydrogen-bond donors (Lipinski definition) is 2. The minimum absolute atomic E-state index is 0.0885. The Bertz CT molecular complexity index is 860. The fraction of sp³-hybridized carbons (Fsp3) is 0.762. The van der Waals surface area contributed by atoms with Crippen LogP contribution in [0.5, 0.6) is 0 Å². The first-order valence-corrected chi connectivity index (χ1v) is 11.4. The Morgan fingerprint density at radius 3 is 2.64 bits per heavy atom. The maximum Gasteiger partial charge on any atom is 0.315 e. The van der Waals surface area contributed by atoms with Gasteiger partial charge in [-0.3, -0.25) is 9.59 Å². The van der Waals surface area contributed by atoms with Crippen LogP contribution in [0.15, 0.2) is 4.52 Å². The maximum absolute atomic E-state index is 14.6. The molecule has 1 unspecified atom stereocenters. The summed E-state index contributed by atoms with van der Waals surface area (Å²) >= 11 is 0. The van der Waals surface area contributed by atoms with E-state index in [0.29, 0.717) is 5.82 Å². The van der Waals surface area contributed by atoms with Gasteiger partial charge in [-0.2, -0.15) is 4.98 Å². The van der Waals surface area contributed by atoms with Crippen molar-refractivity contribution in [3.8, 4) is 0 Å². The van der Waals surface area contributed by atoms with Crippen LogP contribution < -0.4 is 11.1 Å². The summed E-state index contributed by atoms with van der Waals surface area (Å²) in [6.07, 6.45) is 1.04. The van der Waals surface area contributed by atoms with Crippen LogP contribution in [0.3, 0.4) is 0 Å². The van der Waals surface area contributed by atoms with Crippen molar-refractivity contribution >= 4 is 17.7 Å². The molecular weight excluding hydrogens is 440 g/mol. The Morgan fingerprint density at radius 1 is 1.30 bits per heavy atom. The van der Waals surface area contributed by atoms with Crippen molar-refractivity contribution in [2.45, 2.75) is 76.3 Å². The van der Waals surface area contributed by atoms with Crippen LogP contribution >= 0.6 is 0 Å². The summed E-state index contributed by atoms with van der Waals surface area (Å²) in [5.41, 5.74) is 5.43. The van der Waals surface area contributed by atoms with Crippen LogP contribution in [-0.2, 0) is 9.53 Å². The van der Waals surface area contributed by atoms with Crippen LogP contribution in [0.2, 0.25) is 0 Å². The quantitative estimate of drug-likeness (QED) is 0.472. The fourth-order valence-corrected chi connectivity index (χ4v) is 4.05. The molecule has 2 aliphatic rings. The van der Waals surface area contributed by atoms with E-state index >= 15 is 0 Å². The third-order valence-electron chi connectivity index (χ3n) is 6.02. The summed E-state index contributed by atoms with van der Waals surface area (Å²) < 4.78 is 39.6. The first-order valence-electron chi connectivity index (χ1n) is 11.4. The molecule has 1 aromatic heterocycles. The number of Topliss-reactive ketones (excluding diaryl/α,β-unsaturated/α-hetero) is 1. The zero-order valence-electron chi connectivity index (χ0n) is 18.9. The fourth-order valence-electron chi connectivity index (χ4n) is 4.05. The first-order chi connectivity index (χ1) is 15.7.